The molecule has 2 rings (SSSR count). The lowest BCUT2D eigenvalue weighted by Gasteiger charge is -2.35. The molecule has 0 radical (unpaired) electrons. The van der Waals surface area contributed by atoms with Gasteiger partial charge < -0.3 is 16.4 Å². The summed E-state index contributed by atoms with van der Waals surface area (Å²) in [5.74, 6) is 0.338. The van der Waals surface area contributed by atoms with Crippen molar-refractivity contribution in [2.75, 3.05) is 17.2 Å². The number of halogens is 1. The molecule has 1 aliphatic rings. The molecule has 1 aromatic rings. The summed E-state index contributed by atoms with van der Waals surface area (Å²) in [6.07, 6.45) is 4.49. The van der Waals surface area contributed by atoms with E-state index in [1.807, 2.05) is 4.90 Å². The van der Waals surface area contributed by atoms with E-state index in [1.54, 1.807) is 12.3 Å². The van der Waals surface area contributed by atoms with Crippen LogP contribution in [0.5, 0.6) is 0 Å². The van der Waals surface area contributed by atoms with E-state index in [0.29, 0.717) is 11.5 Å². The monoisotopic (exact) mass is 298 g/mol. The minimum Gasteiger partial charge on any atom is -0.396 e. The van der Waals surface area contributed by atoms with E-state index >= 15 is 0 Å². The lowest BCUT2D eigenvalue weighted by atomic mass is 10.0. The van der Waals surface area contributed by atoms with Crippen LogP contribution in [0.2, 0.25) is 0 Å². The predicted octanol–water partition coefficient (Wildman–Crippen LogP) is 1.27. The first kappa shape index (κ1) is 12.2. The molecule has 1 saturated heterocycles. The van der Waals surface area contributed by atoms with Crippen LogP contribution in [-0.4, -0.2) is 23.5 Å². The number of hydrogen-bond acceptors (Lipinski definition) is 4. The van der Waals surface area contributed by atoms with E-state index in [2.05, 4.69) is 20.9 Å². The Bertz CT molecular complexity index is 437. The van der Waals surface area contributed by atoms with Gasteiger partial charge in [-0.15, -0.1) is 0 Å². The number of rotatable bonds is 2. The van der Waals surface area contributed by atoms with E-state index in [-0.39, 0.29) is 11.9 Å². The van der Waals surface area contributed by atoms with Crippen LogP contribution >= 0.6 is 15.9 Å². The van der Waals surface area contributed by atoms with E-state index in [1.165, 1.54) is 0 Å². The number of pyridine rings is 1. The molecule has 17 heavy (non-hydrogen) atoms. The van der Waals surface area contributed by atoms with Gasteiger partial charge in [0, 0.05) is 17.2 Å². The predicted molar refractivity (Wildman–Crippen MR) is 70.5 cm³/mol. The van der Waals surface area contributed by atoms with Gasteiger partial charge in [0.2, 0.25) is 5.91 Å². The number of carbonyl (C=O) groups excluding carboxylic acids is 1. The standard InChI is InChI=1S/C11H15BrN4O/c12-7-5-8(13)11(15-6-7)16-4-2-1-3-9(16)10(14)17/h5-6,9H,1-4,13H2,(H2,14,17). The van der Waals surface area contributed by atoms with Crippen LogP contribution in [0.15, 0.2) is 16.7 Å². The molecule has 92 valence electrons. The van der Waals surface area contributed by atoms with Gasteiger partial charge in [-0.05, 0) is 41.3 Å². The number of piperidine rings is 1. The fourth-order valence-corrected chi connectivity index (χ4v) is 2.52. The SMILES string of the molecule is NC(=O)C1CCCCN1c1ncc(Br)cc1N. The number of hydrogen-bond donors (Lipinski definition) is 2. The smallest absolute Gasteiger partial charge is 0.240 e. The van der Waals surface area contributed by atoms with Crippen LogP contribution < -0.4 is 16.4 Å². The van der Waals surface area contributed by atoms with Gasteiger partial charge in [0.25, 0.3) is 0 Å². The largest absolute Gasteiger partial charge is 0.396 e. The average molecular weight is 299 g/mol. The highest BCUT2D eigenvalue weighted by Crippen LogP contribution is 2.29. The molecule has 0 aliphatic carbocycles. The van der Waals surface area contributed by atoms with Crippen molar-refractivity contribution in [2.24, 2.45) is 5.73 Å². The van der Waals surface area contributed by atoms with Crippen LogP contribution in [0.25, 0.3) is 0 Å². The summed E-state index contributed by atoms with van der Waals surface area (Å²) in [4.78, 5) is 17.6. The summed E-state index contributed by atoms with van der Waals surface area (Å²) < 4.78 is 0.825. The molecular formula is C11H15BrN4O. The molecule has 1 atom stereocenters. The number of nitrogen functional groups attached to an aromatic ring is 1. The molecule has 1 amide bonds. The normalized spacial score (nSPS) is 20.3. The van der Waals surface area contributed by atoms with Gasteiger partial charge in [0.15, 0.2) is 5.82 Å². The molecule has 5 nitrogen and oxygen atoms in total. The zero-order valence-electron chi connectivity index (χ0n) is 9.40. The number of primary amides is 1. The van der Waals surface area contributed by atoms with E-state index in [0.717, 1.165) is 30.3 Å². The van der Waals surface area contributed by atoms with Gasteiger partial charge in [-0.2, -0.15) is 0 Å². The zero-order chi connectivity index (χ0) is 12.4. The lowest BCUT2D eigenvalue weighted by molar-refractivity contribution is -0.119. The molecule has 1 aliphatic heterocycles. The molecule has 0 bridgehead atoms. The summed E-state index contributed by atoms with van der Waals surface area (Å²) in [5.41, 5.74) is 11.9. The van der Waals surface area contributed by atoms with E-state index < -0.39 is 0 Å². The van der Waals surface area contributed by atoms with Crippen molar-refractivity contribution in [3.05, 3.63) is 16.7 Å². The highest BCUT2D eigenvalue weighted by atomic mass is 79.9. The van der Waals surface area contributed by atoms with Crippen molar-refractivity contribution < 1.29 is 4.79 Å². The second-order valence-electron chi connectivity index (χ2n) is 4.17. The number of nitrogens with zero attached hydrogens (tertiary/aromatic N) is 2. The average Bonchev–Trinajstić information content (AvgIpc) is 2.29. The number of nitrogens with two attached hydrogens (primary N) is 2. The minimum absolute atomic E-state index is 0.292. The van der Waals surface area contributed by atoms with Crippen LogP contribution in [0.3, 0.4) is 0 Å². The van der Waals surface area contributed by atoms with Crippen LogP contribution in [0, 0.1) is 0 Å². The van der Waals surface area contributed by atoms with Gasteiger partial charge >= 0.3 is 0 Å². The molecule has 0 spiro atoms. The van der Waals surface area contributed by atoms with Crippen molar-refractivity contribution in [3.63, 3.8) is 0 Å². The van der Waals surface area contributed by atoms with Gasteiger partial charge in [-0.3, -0.25) is 4.79 Å². The Hall–Kier alpha value is -1.30. The van der Waals surface area contributed by atoms with Crippen LogP contribution in [-0.2, 0) is 4.79 Å². The Balaban J connectivity index is 2.32. The summed E-state index contributed by atoms with van der Waals surface area (Å²) in [7, 11) is 0. The van der Waals surface area contributed by atoms with Crippen molar-refractivity contribution in [3.8, 4) is 0 Å². The molecule has 1 aromatic heterocycles. The zero-order valence-corrected chi connectivity index (χ0v) is 11.0. The number of amides is 1. The second-order valence-corrected chi connectivity index (χ2v) is 5.09. The quantitative estimate of drug-likeness (QED) is 0.861. The fraction of sp³-hybridized carbons (Fsp3) is 0.455. The van der Waals surface area contributed by atoms with Crippen LogP contribution in [0.1, 0.15) is 19.3 Å². The highest BCUT2D eigenvalue weighted by Gasteiger charge is 2.28. The maximum Gasteiger partial charge on any atom is 0.240 e. The van der Waals surface area contributed by atoms with E-state index in [9.17, 15) is 4.79 Å². The van der Waals surface area contributed by atoms with Crippen molar-refractivity contribution in [2.45, 2.75) is 25.3 Å². The molecule has 1 fully saturated rings. The molecule has 6 heteroatoms. The summed E-state index contributed by atoms with van der Waals surface area (Å²) in [6, 6.07) is 1.49. The third-order valence-electron chi connectivity index (χ3n) is 2.97. The maximum atomic E-state index is 11.4. The first-order valence-electron chi connectivity index (χ1n) is 5.56. The summed E-state index contributed by atoms with van der Waals surface area (Å²) in [5, 5.41) is 0. The second kappa shape index (κ2) is 4.91. The summed E-state index contributed by atoms with van der Waals surface area (Å²) >= 11 is 3.31. The molecule has 2 heterocycles. The van der Waals surface area contributed by atoms with E-state index in [4.69, 9.17) is 11.5 Å². The Morgan fingerprint density at radius 1 is 1.53 bits per heavy atom. The Kier molecular flexibility index (Phi) is 3.51. The maximum absolute atomic E-state index is 11.4. The van der Waals surface area contributed by atoms with Crippen molar-refractivity contribution in [1.29, 1.82) is 0 Å². The Morgan fingerprint density at radius 2 is 2.29 bits per heavy atom. The third kappa shape index (κ3) is 2.52. The van der Waals surface area contributed by atoms with Crippen LogP contribution in [0.4, 0.5) is 11.5 Å². The minimum atomic E-state index is -0.311. The number of carbonyl (C=O) groups is 1. The van der Waals surface area contributed by atoms with Crippen molar-refractivity contribution in [1.82, 2.24) is 4.98 Å². The molecule has 0 saturated carbocycles. The fourth-order valence-electron chi connectivity index (χ4n) is 2.17. The first-order chi connectivity index (χ1) is 8.09. The molecule has 0 aromatic carbocycles. The number of aromatic nitrogens is 1. The number of anilines is 2. The molecular weight excluding hydrogens is 284 g/mol. The lowest BCUT2D eigenvalue weighted by Crippen LogP contribution is -2.48. The highest BCUT2D eigenvalue weighted by molar-refractivity contribution is 9.10. The Labute approximate surface area is 108 Å². The van der Waals surface area contributed by atoms with Gasteiger partial charge in [-0.25, -0.2) is 4.98 Å². The summed E-state index contributed by atoms with van der Waals surface area (Å²) in [6.45, 7) is 0.770. The topological polar surface area (TPSA) is 85.2 Å². The van der Waals surface area contributed by atoms with Gasteiger partial charge in [-0.1, -0.05) is 0 Å². The first-order valence-corrected chi connectivity index (χ1v) is 6.36. The molecule has 4 N–H and O–H groups in total. The van der Waals surface area contributed by atoms with Crippen molar-refractivity contribution >= 4 is 33.3 Å². The third-order valence-corrected chi connectivity index (χ3v) is 3.40. The molecule has 1 unspecified atom stereocenters. The Morgan fingerprint density at radius 3 is 2.94 bits per heavy atom. The van der Waals surface area contributed by atoms with Gasteiger partial charge in [0.05, 0.1) is 5.69 Å². The van der Waals surface area contributed by atoms with Gasteiger partial charge in [0.1, 0.15) is 6.04 Å².